The zero-order valence-electron chi connectivity index (χ0n) is 12.8. The normalized spacial score (nSPS) is 12.1. The first-order valence-electron chi connectivity index (χ1n) is 7.31. The van der Waals surface area contributed by atoms with Crippen molar-refractivity contribution >= 4 is 28.7 Å². The number of imidazole rings is 1. The number of ether oxygens (including phenoxy) is 1. The largest absolute Gasteiger partial charge is 0.489 e. The van der Waals surface area contributed by atoms with Crippen LogP contribution in [0.25, 0.3) is 11.2 Å². The van der Waals surface area contributed by atoms with Gasteiger partial charge in [0.25, 0.3) is 5.91 Å². The predicted octanol–water partition coefficient (Wildman–Crippen LogP) is 2.10. The number of H-pyrrole nitrogens is 2. The van der Waals surface area contributed by atoms with Crippen molar-refractivity contribution in [1.82, 2.24) is 20.3 Å². The molecule has 24 heavy (non-hydrogen) atoms. The molecule has 2 aromatic heterocycles. The molecular formula is C16H15ClN4O3. The third-order valence-electron chi connectivity index (χ3n) is 3.29. The third kappa shape index (κ3) is 3.75. The summed E-state index contributed by atoms with van der Waals surface area (Å²) in [7, 11) is 0. The van der Waals surface area contributed by atoms with Crippen molar-refractivity contribution in [1.29, 1.82) is 0 Å². The summed E-state index contributed by atoms with van der Waals surface area (Å²) in [5, 5.41) is 3.33. The van der Waals surface area contributed by atoms with Crippen molar-refractivity contribution in [2.24, 2.45) is 0 Å². The average molecular weight is 347 g/mol. The maximum absolute atomic E-state index is 12.2. The minimum absolute atomic E-state index is 0.215. The van der Waals surface area contributed by atoms with Crippen molar-refractivity contribution < 1.29 is 9.53 Å². The van der Waals surface area contributed by atoms with E-state index >= 15 is 0 Å². The van der Waals surface area contributed by atoms with Crippen LogP contribution in [0.4, 0.5) is 0 Å². The number of benzene rings is 1. The van der Waals surface area contributed by atoms with Gasteiger partial charge in [0, 0.05) is 5.02 Å². The number of carbonyl (C=O) groups excluding carboxylic acids is 1. The first-order valence-corrected chi connectivity index (χ1v) is 7.68. The molecule has 0 aliphatic carbocycles. The number of fused-ring (bicyclic) bond motifs is 1. The molecule has 8 heteroatoms. The third-order valence-corrected chi connectivity index (χ3v) is 3.53. The molecule has 3 rings (SSSR count). The number of carbonyl (C=O) groups is 1. The van der Waals surface area contributed by atoms with Gasteiger partial charge in [-0.2, -0.15) is 0 Å². The molecule has 0 bridgehead atoms. The van der Waals surface area contributed by atoms with Crippen LogP contribution < -0.4 is 15.7 Å². The first kappa shape index (κ1) is 16.1. The lowest BCUT2D eigenvalue weighted by Crippen LogP contribution is -2.34. The fourth-order valence-electron chi connectivity index (χ4n) is 2.18. The van der Waals surface area contributed by atoms with Crippen LogP contribution in [-0.4, -0.2) is 33.5 Å². The smallest absolute Gasteiger partial charge is 0.325 e. The number of nitrogens with zero attached hydrogens (tertiary/aromatic N) is 1. The second-order valence-corrected chi connectivity index (χ2v) is 5.70. The van der Waals surface area contributed by atoms with Crippen molar-refractivity contribution in [2.45, 2.75) is 13.0 Å². The lowest BCUT2D eigenvalue weighted by atomic mass is 10.3. The van der Waals surface area contributed by atoms with Gasteiger partial charge in [-0.3, -0.25) is 9.78 Å². The van der Waals surface area contributed by atoms with Gasteiger partial charge in [0.2, 0.25) is 0 Å². The Kier molecular flexibility index (Phi) is 4.52. The van der Waals surface area contributed by atoms with Crippen molar-refractivity contribution in [2.75, 3.05) is 6.54 Å². The summed E-state index contributed by atoms with van der Waals surface area (Å²) in [4.78, 5) is 32.6. The van der Waals surface area contributed by atoms with E-state index in [2.05, 4.69) is 20.3 Å². The van der Waals surface area contributed by atoms with Crippen LogP contribution in [0.1, 0.15) is 17.4 Å². The first-order chi connectivity index (χ1) is 11.5. The fourth-order valence-corrected chi connectivity index (χ4v) is 2.36. The number of nitrogens with one attached hydrogen (secondary N) is 3. The molecule has 2 heterocycles. The molecule has 0 saturated heterocycles. The Morgan fingerprint density at radius 3 is 2.96 bits per heavy atom. The van der Waals surface area contributed by atoms with Crippen LogP contribution in [0, 0.1) is 0 Å². The van der Waals surface area contributed by atoms with Gasteiger partial charge in [0.15, 0.2) is 5.65 Å². The van der Waals surface area contributed by atoms with Gasteiger partial charge in [-0.15, -0.1) is 0 Å². The summed E-state index contributed by atoms with van der Waals surface area (Å²) in [6, 6.07) is 10.2. The molecule has 0 aliphatic heterocycles. The summed E-state index contributed by atoms with van der Waals surface area (Å²) in [5.74, 6) is 0.286. The van der Waals surface area contributed by atoms with E-state index in [9.17, 15) is 9.59 Å². The lowest BCUT2D eigenvalue weighted by Gasteiger charge is -2.15. The van der Waals surface area contributed by atoms with E-state index in [-0.39, 0.29) is 23.4 Å². The van der Waals surface area contributed by atoms with Gasteiger partial charge < -0.3 is 15.0 Å². The summed E-state index contributed by atoms with van der Waals surface area (Å²) in [6.45, 7) is 2.14. The fraction of sp³-hybridized carbons (Fsp3) is 0.188. The van der Waals surface area contributed by atoms with Crippen molar-refractivity contribution in [3.63, 3.8) is 0 Å². The Balaban J connectivity index is 1.60. The highest BCUT2D eigenvalue weighted by Gasteiger charge is 2.12. The topological polar surface area (TPSA) is 99.9 Å². The SMILES string of the molecule is CC(CNC(=O)c1ccc2[nH]c(=O)[nH]c2n1)Oc1cccc(Cl)c1. The molecule has 0 spiro atoms. The van der Waals surface area contributed by atoms with Crippen LogP contribution in [0.5, 0.6) is 5.75 Å². The van der Waals surface area contributed by atoms with E-state index in [4.69, 9.17) is 16.3 Å². The molecule has 1 amide bonds. The van der Waals surface area contributed by atoms with Gasteiger partial charge >= 0.3 is 5.69 Å². The lowest BCUT2D eigenvalue weighted by molar-refractivity contribution is 0.0927. The molecule has 1 aromatic carbocycles. The van der Waals surface area contributed by atoms with E-state index < -0.39 is 0 Å². The summed E-state index contributed by atoms with van der Waals surface area (Å²) >= 11 is 5.90. The molecule has 3 N–H and O–H groups in total. The zero-order chi connectivity index (χ0) is 17.1. The molecular weight excluding hydrogens is 332 g/mol. The molecule has 0 aliphatic rings. The van der Waals surface area contributed by atoms with Crippen LogP contribution in [0.15, 0.2) is 41.2 Å². The van der Waals surface area contributed by atoms with Crippen molar-refractivity contribution in [3.05, 3.63) is 57.6 Å². The Morgan fingerprint density at radius 1 is 1.33 bits per heavy atom. The standard InChI is InChI=1S/C16H15ClN4O3/c1-9(24-11-4-2-3-10(17)7-11)8-18-15(22)13-6-5-12-14(19-13)21-16(23)20-12/h2-7,9H,8H2,1H3,(H,18,22)(H2,19,20,21,23). The summed E-state index contributed by atoms with van der Waals surface area (Å²) < 4.78 is 5.68. The maximum Gasteiger partial charge on any atom is 0.325 e. The monoisotopic (exact) mass is 346 g/mol. The number of aromatic nitrogens is 3. The number of rotatable bonds is 5. The van der Waals surface area contributed by atoms with E-state index in [1.165, 1.54) is 0 Å². The second kappa shape index (κ2) is 6.76. The number of amides is 1. The highest BCUT2D eigenvalue weighted by Crippen LogP contribution is 2.18. The molecule has 3 aromatic rings. The maximum atomic E-state index is 12.2. The molecule has 0 radical (unpaired) electrons. The minimum Gasteiger partial charge on any atom is -0.489 e. The quantitative estimate of drug-likeness (QED) is 0.658. The van der Waals surface area contributed by atoms with E-state index in [0.717, 1.165) is 0 Å². The number of halogens is 1. The van der Waals surface area contributed by atoms with Gasteiger partial charge in [-0.25, -0.2) is 9.78 Å². The molecule has 1 unspecified atom stereocenters. The highest BCUT2D eigenvalue weighted by atomic mass is 35.5. The van der Waals surface area contributed by atoms with Crippen LogP contribution in [-0.2, 0) is 0 Å². The average Bonchev–Trinajstić information content (AvgIpc) is 2.91. The van der Waals surface area contributed by atoms with E-state index in [1.807, 2.05) is 6.92 Å². The van der Waals surface area contributed by atoms with E-state index in [0.29, 0.717) is 28.5 Å². The van der Waals surface area contributed by atoms with Crippen LogP contribution >= 0.6 is 11.6 Å². The predicted molar refractivity (Wildman–Crippen MR) is 90.6 cm³/mol. The molecule has 0 fully saturated rings. The number of hydrogen-bond donors (Lipinski definition) is 3. The highest BCUT2D eigenvalue weighted by molar-refractivity contribution is 6.30. The number of hydrogen-bond acceptors (Lipinski definition) is 4. The van der Waals surface area contributed by atoms with Gasteiger partial charge in [-0.05, 0) is 37.3 Å². The van der Waals surface area contributed by atoms with Crippen LogP contribution in [0.2, 0.25) is 5.02 Å². The van der Waals surface area contributed by atoms with Crippen molar-refractivity contribution in [3.8, 4) is 5.75 Å². The van der Waals surface area contributed by atoms with Gasteiger partial charge in [-0.1, -0.05) is 17.7 Å². The second-order valence-electron chi connectivity index (χ2n) is 5.27. The Bertz CT molecular complexity index is 934. The Labute approximate surface area is 142 Å². The Morgan fingerprint density at radius 2 is 2.17 bits per heavy atom. The number of aromatic amines is 2. The zero-order valence-corrected chi connectivity index (χ0v) is 13.6. The van der Waals surface area contributed by atoms with Crippen LogP contribution in [0.3, 0.4) is 0 Å². The molecule has 7 nitrogen and oxygen atoms in total. The summed E-state index contributed by atoms with van der Waals surface area (Å²) in [6.07, 6.45) is -0.247. The molecule has 1 atom stereocenters. The van der Waals surface area contributed by atoms with Gasteiger partial charge in [0.1, 0.15) is 17.5 Å². The minimum atomic E-state index is -0.362. The summed E-state index contributed by atoms with van der Waals surface area (Å²) in [5.41, 5.74) is 0.747. The Hall–Kier alpha value is -2.80. The molecule has 124 valence electrons. The van der Waals surface area contributed by atoms with Gasteiger partial charge in [0.05, 0.1) is 12.1 Å². The molecule has 0 saturated carbocycles. The number of pyridine rings is 1. The van der Waals surface area contributed by atoms with E-state index in [1.54, 1.807) is 36.4 Å².